The van der Waals surface area contributed by atoms with Gasteiger partial charge in [0.1, 0.15) is 0 Å². The Balaban J connectivity index is 2.49. The molecule has 1 aromatic rings. The molecule has 5 nitrogen and oxygen atoms in total. The minimum atomic E-state index is -1.01. The fourth-order valence-corrected chi connectivity index (χ4v) is 2.16. The minimum Gasteiger partial charge on any atom is -0.478 e. The summed E-state index contributed by atoms with van der Waals surface area (Å²) in [4.78, 5) is 26.4. The maximum atomic E-state index is 11.7. The standard InChI is InChI=1S/C13H18N2O3S/c1-3-4-7-14-12(16)9(2)19-11-6-5-10(8-15-11)13(17)18/h5-6,8-9H,3-4,7H2,1-2H3,(H,14,16)(H,17,18). The van der Waals surface area contributed by atoms with Gasteiger partial charge in [0, 0.05) is 12.7 Å². The molecule has 1 atom stereocenters. The number of thioether (sulfide) groups is 1. The second-order valence-corrected chi connectivity index (χ2v) is 5.46. The lowest BCUT2D eigenvalue weighted by Crippen LogP contribution is -2.31. The molecule has 0 saturated carbocycles. The van der Waals surface area contributed by atoms with Gasteiger partial charge in [-0.1, -0.05) is 25.1 Å². The first-order chi connectivity index (χ1) is 9.04. The average Bonchev–Trinajstić information content (AvgIpc) is 2.39. The van der Waals surface area contributed by atoms with Gasteiger partial charge in [0.25, 0.3) is 0 Å². The van der Waals surface area contributed by atoms with Gasteiger partial charge in [0.15, 0.2) is 0 Å². The number of carbonyl (C=O) groups excluding carboxylic acids is 1. The lowest BCUT2D eigenvalue weighted by atomic mass is 10.3. The van der Waals surface area contributed by atoms with Crippen LogP contribution in [-0.4, -0.2) is 33.8 Å². The van der Waals surface area contributed by atoms with Crippen molar-refractivity contribution < 1.29 is 14.7 Å². The number of amides is 1. The minimum absolute atomic E-state index is 0.0254. The van der Waals surface area contributed by atoms with Gasteiger partial charge < -0.3 is 10.4 Å². The average molecular weight is 282 g/mol. The summed E-state index contributed by atoms with van der Waals surface area (Å²) in [6.45, 7) is 4.56. The summed E-state index contributed by atoms with van der Waals surface area (Å²) in [6.07, 6.45) is 3.31. The maximum Gasteiger partial charge on any atom is 0.337 e. The summed E-state index contributed by atoms with van der Waals surface area (Å²) >= 11 is 1.31. The second kappa shape index (κ2) is 7.78. The number of aromatic nitrogens is 1. The Morgan fingerprint density at radius 2 is 2.21 bits per heavy atom. The first-order valence-corrected chi connectivity index (χ1v) is 7.06. The highest BCUT2D eigenvalue weighted by atomic mass is 32.2. The third-order valence-electron chi connectivity index (χ3n) is 2.48. The Morgan fingerprint density at radius 3 is 2.74 bits per heavy atom. The van der Waals surface area contributed by atoms with Crippen LogP contribution in [-0.2, 0) is 4.79 Å². The van der Waals surface area contributed by atoms with Gasteiger partial charge in [-0.3, -0.25) is 4.79 Å². The van der Waals surface area contributed by atoms with E-state index in [1.54, 1.807) is 13.0 Å². The van der Waals surface area contributed by atoms with Gasteiger partial charge in [0.2, 0.25) is 5.91 Å². The molecule has 6 heteroatoms. The third kappa shape index (κ3) is 5.30. The Morgan fingerprint density at radius 1 is 1.47 bits per heavy atom. The number of aromatic carboxylic acids is 1. The Labute approximate surface area is 116 Å². The van der Waals surface area contributed by atoms with E-state index in [0.29, 0.717) is 11.6 Å². The quantitative estimate of drug-likeness (QED) is 0.592. The highest BCUT2D eigenvalue weighted by Crippen LogP contribution is 2.21. The van der Waals surface area contributed by atoms with Gasteiger partial charge in [0.05, 0.1) is 15.8 Å². The van der Waals surface area contributed by atoms with Gasteiger partial charge in [-0.25, -0.2) is 9.78 Å². The molecule has 0 bridgehead atoms. The van der Waals surface area contributed by atoms with Crippen molar-refractivity contribution >= 4 is 23.6 Å². The van der Waals surface area contributed by atoms with Crippen molar-refractivity contribution in [2.45, 2.75) is 37.0 Å². The normalized spacial score (nSPS) is 11.9. The molecule has 0 aliphatic carbocycles. The first kappa shape index (κ1) is 15.5. The van der Waals surface area contributed by atoms with Crippen LogP contribution in [0.2, 0.25) is 0 Å². The highest BCUT2D eigenvalue weighted by molar-refractivity contribution is 8.00. The number of carbonyl (C=O) groups is 2. The molecule has 19 heavy (non-hydrogen) atoms. The molecule has 0 radical (unpaired) electrons. The Hall–Kier alpha value is -1.56. The summed E-state index contributed by atoms with van der Waals surface area (Å²) in [7, 11) is 0. The molecule has 0 aromatic carbocycles. The van der Waals surface area contributed by atoms with Gasteiger partial charge >= 0.3 is 5.97 Å². The number of hydrogen-bond acceptors (Lipinski definition) is 4. The van der Waals surface area contributed by atoms with Gasteiger partial charge in [-0.2, -0.15) is 0 Å². The van der Waals surface area contributed by atoms with Crippen LogP contribution in [0.15, 0.2) is 23.4 Å². The number of carboxylic acids is 1. The van der Waals surface area contributed by atoms with Gasteiger partial charge in [-0.15, -0.1) is 0 Å². The molecule has 0 saturated heterocycles. The molecule has 1 unspecified atom stereocenters. The van der Waals surface area contributed by atoms with Crippen molar-refractivity contribution in [3.8, 4) is 0 Å². The largest absolute Gasteiger partial charge is 0.478 e. The molecular formula is C13H18N2O3S. The van der Waals surface area contributed by atoms with Crippen LogP contribution in [0.3, 0.4) is 0 Å². The number of unbranched alkanes of at least 4 members (excludes halogenated alkanes) is 1. The summed E-state index contributed by atoms with van der Waals surface area (Å²) in [5, 5.41) is 12.0. The fourth-order valence-electron chi connectivity index (χ4n) is 1.34. The molecule has 1 rings (SSSR count). The molecular weight excluding hydrogens is 264 g/mol. The van der Waals surface area contributed by atoms with Crippen LogP contribution in [0.5, 0.6) is 0 Å². The highest BCUT2D eigenvalue weighted by Gasteiger charge is 2.14. The predicted octanol–water partition coefficient (Wildman–Crippen LogP) is 2.18. The number of rotatable bonds is 7. The van der Waals surface area contributed by atoms with Crippen LogP contribution in [0.1, 0.15) is 37.0 Å². The maximum absolute atomic E-state index is 11.7. The third-order valence-corrected chi connectivity index (χ3v) is 3.53. The lowest BCUT2D eigenvalue weighted by molar-refractivity contribution is -0.120. The van der Waals surface area contributed by atoms with E-state index in [-0.39, 0.29) is 16.7 Å². The molecule has 1 amide bonds. The number of nitrogens with zero attached hydrogens (tertiary/aromatic N) is 1. The van der Waals surface area contributed by atoms with E-state index in [1.165, 1.54) is 24.0 Å². The molecule has 0 aliphatic rings. The number of pyridine rings is 1. The molecule has 2 N–H and O–H groups in total. The van der Waals surface area contributed by atoms with Crippen LogP contribution in [0, 0.1) is 0 Å². The number of nitrogens with one attached hydrogen (secondary N) is 1. The van der Waals surface area contributed by atoms with Crippen LogP contribution >= 0.6 is 11.8 Å². The topological polar surface area (TPSA) is 79.3 Å². The summed E-state index contributed by atoms with van der Waals surface area (Å²) in [6, 6.07) is 3.10. The van der Waals surface area contributed by atoms with Crippen molar-refractivity contribution in [3.05, 3.63) is 23.9 Å². The molecule has 104 valence electrons. The second-order valence-electron chi connectivity index (χ2n) is 4.09. The van der Waals surface area contributed by atoms with E-state index >= 15 is 0 Å². The van der Waals surface area contributed by atoms with E-state index < -0.39 is 5.97 Å². The van der Waals surface area contributed by atoms with E-state index in [1.807, 2.05) is 0 Å². The van der Waals surface area contributed by atoms with Crippen molar-refractivity contribution in [2.75, 3.05) is 6.54 Å². The fraction of sp³-hybridized carbons (Fsp3) is 0.462. The SMILES string of the molecule is CCCCNC(=O)C(C)Sc1ccc(C(=O)O)cn1. The van der Waals surface area contributed by atoms with E-state index in [9.17, 15) is 9.59 Å². The summed E-state index contributed by atoms with van der Waals surface area (Å²) in [5.74, 6) is -1.03. The lowest BCUT2D eigenvalue weighted by Gasteiger charge is -2.11. The van der Waals surface area contributed by atoms with Crippen molar-refractivity contribution in [3.63, 3.8) is 0 Å². The molecule has 0 spiro atoms. The molecule has 0 fully saturated rings. The van der Waals surface area contributed by atoms with Crippen LogP contribution < -0.4 is 5.32 Å². The zero-order valence-electron chi connectivity index (χ0n) is 11.0. The first-order valence-electron chi connectivity index (χ1n) is 6.18. The van der Waals surface area contributed by atoms with E-state index in [0.717, 1.165) is 12.8 Å². The zero-order chi connectivity index (χ0) is 14.3. The molecule has 1 aromatic heterocycles. The van der Waals surface area contributed by atoms with Gasteiger partial charge in [-0.05, 0) is 25.5 Å². The van der Waals surface area contributed by atoms with E-state index in [2.05, 4.69) is 17.2 Å². The van der Waals surface area contributed by atoms with Crippen molar-refractivity contribution in [1.82, 2.24) is 10.3 Å². The monoisotopic (exact) mass is 282 g/mol. The van der Waals surface area contributed by atoms with Crippen LogP contribution in [0.25, 0.3) is 0 Å². The zero-order valence-corrected chi connectivity index (χ0v) is 11.9. The summed E-state index contributed by atoms with van der Waals surface area (Å²) < 4.78 is 0. The van der Waals surface area contributed by atoms with Crippen molar-refractivity contribution in [2.24, 2.45) is 0 Å². The number of hydrogen-bond donors (Lipinski definition) is 2. The van der Waals surface area contributed by atoms with E-state index in [4.69, 9.17) is 5.11 Å². The summed E-state index contributed by atoms with van der Waals surface area (Å²) in [5.41, 5.74) is 0.143. The smallest absolute Gasteiger partial charge is 0.337 e. The van der Waals surface area contributed by atoms with Crippen LogP contribution in [0.4, 0.5) is 0 Å². The Bertz CT molecular complexity index is 434. The number of carboxylic acid groups (broad SMARTS) is 1. The molecule has 0 aliphatic heterocycles. The molecule has 1 heterocycles. The van der Waals surface area contributed by atoms with Crippen molar-refractivity contribution in [1.29, 1.82) is 0 Å². The Kier molecular flexibility index (Phi) is 6.35. The predicted molar refractivity (Wildman–Crippen MR) is 74.4 cm³/mol.